The highest BCUT2D eigenvalue weighted by atomic mass is 35.5. The van der Waals surface area contributed by atoms with Crippen LogP contribution in [0, 0.1) is 12.7 Å². The zero-order valence-electron chi connectivity index (χ0n) is 27.2. The zero-order chi connectivity index (χ0) is 35.1. The van der Waals surface area contributed by atoms with E-state index in [1.54, 1.807) is 23.4 Å². The van der Waals surface area contributed by atoms with Crippen LogP contribution in [-0.2, 0) is 21.2 Å². The normalized spacial score (nSPS) is 13.0. The molecular formula is C35H37Cl2FN4O6S. The van der Waals surface area contributed by atoms with Crippen LogP contribution in [0.4, 0.5) is 10.1 Å². The maximum atomic E-state index is 15.2. The first-order valence-electron chi connectivity index (χ1n) is 15.8. The molecule has 0 saturated carbocycles. The third kappa shape index (κ3) is 9.31. The minimum atomic E-state index is -3.15. The van der Waals surface area contributed by atoms with E-state index in [1.807, 2.05) is 37.3 Å². The van der Waals surface area contributed by atoms with Crippen LogP contribution >= 0.6 is 23.2 Å². The third-order valence-electron chi connectivity index (χ3n) is 8.01. The predicted octanol–water partition coefficient (Wildman–Crippen LogP) is 6.49. The van der Waals surface area contributed by atoms with Crippen molar-refractivity contribution in [3.05, 3.63) is 93.5 Å². The van der Waals surface area contributed by atoms with Gasteiger partial charge in [-0.15, -0.1) is 0 Å². The van der Waals surface area contributed by atoms with Crippen LogP contribution in [0.5, 0.6) is 11.5 Å². The lowest BCUT2D eigenvalue weighted by Crippen LogP contribution is -2.31. The topological polar surface area (TPSA) is 120 Å². The SMILES string of the molecule is Cc1c(Cl)cccc1OCCCC(=O)N1CCCOc2c(-c3cnn(Cc4c(F)cc(C(=O)NCCCS(C)(=O)=O)cc4Cl)c3)cccc21. The van der Waals surface area contributed by atoms with E-state index in [0.29, 0.717) is 60.4 Å². The van der Waals surface area contributed by atoms with Gasteiger partial charge in [-0.25, -0.2) is 12.8 Å². The molecule has 1 aromatic heterocycles. The van der Waals surface area contributed by atoms with Crippen LogP contribution < -0.4 is 19.7 Å². The van der Waals surface area contributed by atoms with Gasteiger partial charge in [-0.3, -0.25) is 14.3 Å². The lowest BCUT2D eigenvalue weighted by atomic mass is 10.1. The summed E-state index contributed by atoms with van der Waals surface area (Å²) >= 11 is 12.6. The molecular weight excluding hydrogens is 694 g/mol. The second-order valence-corrected chi connectivity index (χ2v) is 14.9. The van der Waals surface area contributed by atoms with E-state index in [1.165, 1.54) is 10.7 Å². The Morgan fingerprint density at radius 1 is 1.10 bits per heavy atom. The summed E-state index contributed by atoms with van der Waals surface area (Å²) in [5, 5.41) is 7.68. The third-order valence-corrected chi connectivity index (χ3v) is 9.79. The fourth-order valence-electron chi connectivity index (χ4n) is 5.45. The molecule has 2 amide bonds. The first-order chi connectivity index (χ1) is 23.4. The van der Waals surface area contributed by atoms with E-state index in [-0.39, 0.29) is 53.7 Å². The summed E-state index contributed by atoms with van der Waals surface area (Å²) in [6.07, 6.45) is 6.21. The number of carbonyl (C=O) groups excluding carboxylic acids is 2. The van der Waals surface area contributed by atoms with Gasteiger partial charge in [0.15, 0.2) is 5.75 Å². The molecule has 1 N–H and O–H groups in total. The number of benzene rings is 3. The van der Waals surface area contributed by atoms with Crippen molar-refractivity contribution in [3.63, 3.8) is 0 Å². The number of amides is 2. The molecule has 2 heterocycles. The molecule has 1 aliphatic heterocycles. The van der Waals surface area contributed by atoms with E-state index in [9.17, 15) is 18.0 Å². The molecule has 0 radical (unpaired) electrons. The molecule has 1 aliphatic rings. The van der Waals surface area contributed by atoms with Crippen LogP contribution in [0.15, 0.2) is 60.9 Å². The van der Waals surface area contributed by atoms with Crippen molar-refractivity contribution in [1.29, 1.82) is 0 Å². The van der Waals surface area contributed by atoms with Crippen molar-refractivity contribution in [2.75, 3.05) is 43.2 Å². The number of carbonyl (C=O) groups is 2. The number of rotatable bonds is 13. The van der Waals surface area contributed by atoms with Crippen molar-refractivity contribution in [2.24, 2.45) is 0 Å². The van der Waals surface area contributed by atoms with Crippen LogP contribution in [-0.4, -0.2) is 68.3 Å². The summed E-state index contributed by atoms with van der Waals surface area (Å²) in [5.74, 6) is -0.0741. The lowest BCUT2D eigenvalue weighted by Gasteiger charge is -2.23. The van der Waals surface area contributed by atoms with Crippen molar-refractivity contribution in [3.8, 4) is 22.6 Å². The average molecular weight is 732 g/mol. The highest BCUT2D eigenvalue weighted by Gasteiger charge is 2.25. The number of hydrogen-bond donors (Lipinski definition) is 1. The number of fused-ring (bicyclic) bond motifs is 1. The minimum Gasteiger partial charge on any atom is -0.493 e. The van der Waals surface area contributed by atoms with Crippen LogP contribution in [0.1, 0.15) is 47.2 Å². The Balaban J connectivity index is 1.25. The average Bonchev–Trinajstić information content (AvgIpc) is 3.41. The second kappa shape index (κ2) is 16.1. The van der Waals surface area contributed by atoms with Gasteiger partial charge in [-0.1, -0.05) is 41.4 Å². The Morgan fingerprint density at radius 2 is 1.90 bits per heavy atom. The number of sulfone groups is 1. The number of ether oxygens (including phenoxy) is 2. The van der Waals surface area contributed by atoms with Crippen LogP contribution in [0.25, 0.3) is 11.1 Å². The molecule has 0 fully saturated rings. The number of para-hydroxylation sites is 1. The maximum Gasteiger partial charge on any atom is 0.251 e. The summed E-state index contributed by atoms with van der Waals surface area (Å²) in [6, 6.07) is 13.5. The quantitative estimate of drug-likeness (QED) is 0.156. The summed E-state index contributed by atoms with van der Waals surface area (Å²) in [5.41, 5.74) is 3.14. The monoisotopic (exact) mass is 730 g/mol. The highest BCUT2D eigenvalue weighted by Crippen LogP contribution is 2.40. The van der Waals surface area contributed by atoms with Crippen molar-refractivity contribution < 1.29 is 31.9 Å². The van der Waals surface area contributed by atoms with E-state index in [0.717, 1.165) is 23.4 Å². The Morgan fingerprint density at radius 3 is 2.67 bits per heavy atom. The van der Waals surface area contributed by atoms with E-state index in [2.05, 4.69) is 10.4 Å². The van der Waals surface area contributed by atoms with Gasteiger partial charge in [0.25, 0.3) is 5.91 Å². The zero-order valence-corrected chi connectivity index (χ0v) is 29.5. The predicted molar refractivity (Wildman–Crippen MR) is 188 cm³/mol. The Hall–Kier alpha value is -4.13. The number of nitrogens with zero attached hydrogens (tertiary/aromatic N) is 3. The molecule has 49 heavy (non-hydrogen) atoms. The molecule has 0 spiro atoms. The van der Waals surface area contributed by atoms with Gasteiger partial charge in [-0.05, 0) is 56.5 Å². The first kappa shape index (κ1) is 36.2. The van der Waals surface area contributed by atoms with E-state index < -0.39 is 21.6 Å². The van der Waals surface area contributed by atoms with Gasteiger partial charge in [-0.2, -0.15) is 5.10 Å². The van der Waals surface area contributed by atoms with Gasteiger partial charge in [0.05, 0.1) is 37.4 Å². The lowest BCUT2D eigenvalue weighted by molar-refractivity contribution is -0.118. The standard InChI is InChI=1S/C35H37Cl2FN4O6S/c1-23-28(36)9-4-11-32(23)47-15-5-12-33(43)42-14-7-16-48-34-26(8-3-10-31(34)42)25-20-40-41(21-25)22-27-29(37)18-24(19-30(27)38)35(44)39-13-6-17-49(2,45)46/h3-4,8-11,18-21H,5-7,12-17,22H2,1-2H3,(H,39,44). The van der Waals surface area contributed by atoms with Crippen molar-refractivity contribution in [2.45, 2.75) is 39.2 Å². The van der Waals surface area contributed by atoms with Crippen molar-refractivity contribution in [1.82, 2.24) is 15.1 Å². The molecule has 5 rings (SSSR count). The van der Waals surface area contributed by atoms with Gasteiger partial charge < -0.3 is 19.7 Å². The Kier molecular flexibility index (Phi) is 11.8. The Labute approximate surface area is 295 Å². The second-order valence-electron chi connectivity index (χ2n) is 11.8. The Bertz CT molecular complexity index is 1930. The van der Waals surface area contributed by atoms with Crippen LogP contribution in [0.2, 0.25) is 10.0 Å². The van der Waals surface area contributed by atoms with E-state index in [4.69, 9.17) is 32.7 Å². The number of anilines is 1. The number of nitrogens with one attached hydrogen (secondary N) is 1. The van der Waals surface area contributed by atoms with Gasteiger partial charge in [0.1, 0.15) is 21.4 Å². The van der Waals surface area contributed by atoms with Gasteiger partial charge in [0, 0.05) is 69.8 Å². The van der Waals surface area contributed by atoms with Gasteiger partial charge >= 0.3 is 0 Å². The molecule has 0 saturated heterocycles. The fourth-order valence-corrected chi connectivity index (χ4v) is 6.55. The molecule has 10 nitrogen and oxygen atoms in total. The summed E-state index contributed by atoms with van der Waals surface area (Å²) in [4.78, 5) is 27.7. The molecule has 4 aromatic rings. The molecule has 0 bridgehead atoms. The number of halogens is 3. The molecule has 260 valence electrons. The number of aromatic nitrogens is 2. The summed E-state index contributed by atoms with van der Waals surface area (Å²) in [6.45, 7) is 3.32. The number of hydrogen-bond acceptors (Lipinski definition) is 7. The molecule has 14 heteroatoms. The molecule has 0 atom stereocenters. The summed E-state index contributed by atoms with van der Waals surface area (Å²) < 4.78 is 51.4. The largest absolute Gasteiger partial charge is 0.493 e. The van der Waals surface area contributed by atoms with Crippen molar-refractivity contribution >= 4 is 50.5 Å². The molecule has 3 aromatic carbocycles. The van der Waals surface area contributed by atoms with E-state index >= 15 is 4.39 Å². The summed E-state index contributed by atoms with van der Waals surface area (Å²) in [7, 11) is -3.15. The highest BCUT2D eigenvalue weighted by molar-refractivity contribution is 7.90. The minimum absolute atomic E-state index is 0.00179. The van der Waals surface area contributed by atoms with Gasteiger partial charge in [0.2, 0.25) is 5.91 Å². The smallest absolute Gasteiger partial charge is 0.251 e. The molecule has 0 unspecified atom stereocenters. The maximum absolute atomic E-state index is 15.2. The molecule has 0 aliphatic carbocycles. The first-order valence-corrected chi connectivity index (χ1v) is 18.6. The van der Waals surface area contributed by atoms with Crippen LogP contribution in [0.3, 0.4) is 0 Å². The fraction of sp³-hybridized carbons (Fsp3) is 0.343.